The summed E-state index contributed by atoms with van der Waals surface area (Å²) >= 11 is 1.58. The lowest BCUT2D eigenvalue weighted by Crippen LogP contribution is -2.27. The van der Waals surface area contributed by atoms with Gasteiger partial charge < -0.3 is 4.90 Å². The number of thiazole rings is 1. The van der Waals surface area contributed by atoms with Gasteiger partial charge in [0, 0.05) is 31.4 Å². The van der Waals surface area contributed by atoms with Gasteiger partial charge in [-0.2, -0.15) is 0 Å². The Labute approximate surface area is 92.2 Å². The number of imidazole rings is 1. The number of hydrogen-bond donors (Lipinski definition) is 0. The molecule has 0 spiro atoms. The molecule has 0 unspecified atom stereocenters. The van der Waals surface area contributed by atoms with E-state index < -0.39 is 0 Å². The number of amides is 1. The van der Waals surface area contributed by atoms with Gasteiger partial charge in [-0.1, -0.05) is 0 Å². The molecular formula is C10H13N3OS. The third-order valence-electron chi connectivity index (χ3n) is 2.38. The first-order valence-corrected chi connectivity index (χ1v) is 5.73. The molecule has 0 aliphatic rings. The number of hydrogen-bond acceptors (Lipinski definition) is 3. The number of rotatable bonds is 3. The predicted molar refractivity (Wildman–Crippen MR) is 60.1 cm³/mol. The minimum Gasteiger partial charge on any atom is -0.346 e. The number of aromatic nitrogens is 2. The first-order valence-electron chi connectivity index (χ1n) is 4.85. The molecule has 0 atom stereocenters. The Balaban J connectivity index is 2.12. The fourth-order valence-electron chi connectivity index (χ4n) is 1.33. The molecule has 2 heterocycles. The van der Waals surface area contributed by atoms with Crippen LogP contribution in [0.4, 0.5) is 0 Å². The van der Waals surface area contributed by atoms with Crippen molar-refractivity contribution in [1.82, 2.24) is 14.3 Å². The molecule has 0 fully saturated rings. The van der Waals surface area contributed by atoms with E-state index in [1.54, 1.807) is 23.3 Å². The Morgan fingerprint density at radius 3 is 3.13 bits per heavy atom. The van der Waals surface area contributed by atoms with Crippen molar-refractivity contribution in [3.8, 4) is 0 Å². The molecule has 2 rings (SSSR count). The molecule has 0 aromatic carbocycles. The molecule has 2 aromatic rings. The van der Waals surface area contributed by atoms with Crippen molar-refractivity contribution in [3.05, 3.63) is 23.5 Å². The summed E-state index contributed by atoms with van der Waals surface area (Å²) in [5.74, 6) is 0.114. The van der Waals surface area contributed by atoms with Crippen LogP contribution in [0.3, 0.4) is 0 Å². The highest BCUT2D eigenvalue weighted by molar-refractivity contribution is 7.15. The van der Waals surface area contributed by atoms with E-state index in [9.17, 15) is 4.79 Å². The van der Waals surface area contributed by atoms with Crippen molar-refractivity contribution in [1.29, 1.82) is 0 Å². The molecule has 0 aliphatic carbocycles. The van der Waals surface area contributed by atoms with Gasteiger partial charge in [0.25, 0.3) is 0 Å². The average Bonchev–Trinajstić information content (AvgIpc) is 2.76. The summed E-state index contributed by atoms with van der Waals surface area (Å²) in [7, 11) is 1.81. The van der Waals surface area contributed by atoms with Gasteiger partial charge >= 0.3 is 0 Å². The highest BCUT2D eigenvalue weighted by atomic mass is 32.1. The first-order chi connectivity index (χ1) is 7.20. The van der Waals surface area contributed by atoms with Crippen molar-refractivity contribution >= 4 is 22.2 Å². The molecule has 1 amide bonds. The van der Waals surface area contributed by atoms with Gasteiger partial charge in [-0.15, -0.1) is 11.3 Å². The van der Waals surface area contributed by atoms with E-state index in [-0.39, 0.29) is 5.91 Å². The Morgan fingerprint density at radius 1 is 1.67 bits per heavy atom. The van der Waals surface area contributed by atoms with Crippen molar-refractivity contribution in [3.63, 3.8) is 0 Å². The standard InChI is InChI=1S/C10H13N3OS/c1-3-12(2)9(14)6-8-7-13-4-5-15-10(13)11-8/h4-5,7H,3,6H2,1-2H3. The highest BCUT2D eigenvalue weighted by Crippen LogP contribution is 2.12. The van der Waals surface area contributed by atoms with Gasteiger partial charge in [-0.05, 0) is 6.92 Å². The summed E-state index contributed by atoms with van der Waals surface area (Å²) < 4.78 is 1.94. The summed E-state index contributed by atoms with van der Waals surface area (Å²) in [6.07, 6.45) is 4.25. The van der Waals surface area contributed by atoms with Crippen molar-refractivity contribution in [2.24, 2.45) is 0 Å². The lowest BCUT2D eigenvalue weighted by molar-refractivity contribution is -0.129. The van der Waals surface area contributed by atoms with Crippen molar-refractivity contribution in [2.75, 3.05) is 13.6 Å². The molecule has 80 valence electrons. The summed E-state index contributed by atoms with van der Waals surface area (Å²) in [4.78, 5) is 18.6. The molecular weight excluding hydrogens is 210 g/mol. The molecule has 0 saturated heterocycles. The third kappa shape index (κ3) is 2.02. The van der Waals surface area contributed by atoms with E-state index in [1.807, 2.05) is 29.1 Å². The molecule has 4 nitrogen and oxygen atoms in total. The molecule has 0 saturated carbocycles. The van der Waals surface area contributed by atoms with E-state index in [4.69, 9.17) is 0 Å². The number of carbonyl (C=O) groups is 1. The van der Waals surface area contributed by atoms with E-state index >= 15 is 0 Å². The fourth-order valence-corrected chi connectivity index (χ4v) is 2.05. The molecule has 0 radical (unpaired) electrons. The van der Waals surface area contributed by atoms with Crippen LogP contribution in [-0.2, 0) is 11.2 Å². The Bertz CT molecular complexity index is 445. The third-order valence-corrected chi connectivity index (χ3v) is 3.15. The van der Waals surface area contributed by atoms with Gasteiger partial charge in [0.15, 0.2) is 4.96 Å². The maximum Gasteiger partial charge on any atom is 0.228 e. The Morgan fingerprint density at radius 2 is 2.47 bits per heavy atom. The minimum absolute atomic E-state index is 0.114. The van der Waals surface area contributed by atoms with Crippen LogP contribution < -0.4 is 0 Å². The smallest absolute Gasteiger partial charge is 0.228 e. The van der Waals surface area contributed by atoms with E-state index in [0.29, 0.717) is 6.42 Å². The van der Waals surface area contributed by atoms with Crippen LogP contribution in [0, 0.1) is 0 Å². The van der Waals surface area contributed by atoms with Crippen LogP contribution in [-0.4, -0.2) is 33.8 Å². The summed E-state index contributed by atoms with van der Waals surface area (Å²) in [5, 5.41) is 1.98. The molecule has 2 aromatic heterocycles. The van der Waals surface area contributed by atoms with Gasteiger partial charge in [-0.3, -0.25) is 9.20 Å². The topological polar surface area (TPSA) is 37.6 Å². The van der Waals surface area contributed by atoms with E-state index in [0.717, 1.165) is 17.2 Å². The average molecular weight is 223 g/mol. The second-order valence-corrected chi connectivity index (χ2v) is 4.28. The Hall–Kier alpha value is -1.36. The van der Waals surface area contributed by atoms with Crippen LogP contribution in [0.1, 0.15) is 12.6 Å². The van der Waals surface area contributed by atoms with Crippen molar-refractivity contribution in [2.45, 2.75) is 13.3 Å². The van der Waals surface area contributed by atoms with Gasteiger partial charge in [-0.25, -0.2) is 4.98 Å². The van der Waals surface area contributed by atoms with Crippen LogP contribution in [0.2, 0.25) is 0 Å². The SMILES string of the molecule is CCN(C)C(=O)Cc1cn2ccsc2n1. The zero-order valence-corrected chi connectivity index (χ0v) is 9.62. The molecule has 0 aliphatic heterocycles. The molecule has 0 N–H and O–H groups in total. The lowest BCUT2D eigenvalue weighted by atomic mass is 10.3. The van der Waals surface area contributed by atoms with Gasteiger partial charge in [0.1, 0.15) is 0 Å². The number of likely N-dealkylation sites (N-methyl/N-ethyl adjacent to an activating group) is 1. The van der Waals surface area contributed by atoms with Crippen LogP contribution in [0.25, 0.3) is 4.96 Å². The quantitative estimate of drug-likeness (QED) is 0.789. The zero-order chi connectivity index (χ0) is 10.8. The first kappa shape index (κ1) is 10.2. The highest BCUT2D eigenvalue weighted by Gasteiger charge is 2.10. The molecule has 0 bridgehead atoms. The predicted octanol–water partition coefficient (Wildman–Crippen LogP) is 1.42. The molecule has 5 heteroatoms. The fraction of sp³-hybridized carbons (Fsp3) is 0.400. The van der Waals surface area contributed by atoms with Crippen molar-refractivity contribution < 1.29 is 4.79 Å². The minimum atomic E-state index is 0.114. The second-order valence-electron chi connectivity index (χ2n) is 3.41. The van der Waals surface area contributed by atoms with Crippen LogP contribution in [0.15, 0.2) is 17.8 Å². The summed E-state index contributed by atoms with van der Waals surface area (Å²) in [6.45, 7) is 2.70. The second kappa shape index (κ2) is 4.02. The van der Waals surface area contributed by atoms with Gasteiger partial charge in [0.2, 0.25) is 5.91 Å². The van der Waals surface area contributed by atoms with Gasteiger partial charge in [0.05, 0.1) is 12.1 Å². The lowest BCUT2D eigenvalue weighted by Gasteiger charge is -2.12. The molecule has 15 heavy (non-hydrogen) atoms. The van der Waals surface area contributed by atoms with Crippen LogP contribution in [0.5, 0.6) is 0 Å². The summed E-state index contributed by atoms with van der Waals surface area (Å²) in [5.41, 5.74) is 0.840. The maximum atomic E-state index is 11.6. The van der Waals surface area contributed by atoms with E-state index in [1.165, 1.54) is 0 Å². The number of fused-ring (bicyclic) bond motifs is 1. The normalized spacial score (nSPS) is 10.8. The number of carbonyl (C=O) groups excluding carboxylic acids is 1. The Kier molecular flexibility index (Phi) is 2.73. The van der Waals surface area contributed by atoms with E-state index in [2.05, 4.69) is 4.98 Å². The summed E-state index contributed by atoms with van der Waals surface area (Å²) in [6, 6.07) is 0. The maximum absolute atomic E-state index is 11.6. The zero-order valence-electron chi connectivity index (χ0n) is 8.80. The number of nitrogens with zero attached hydrogens (tertiary/aromatic N) is 3. The largest absolute Gasteiger partial charge is 0.346 e. The van der Waals surface area contributed by atoms with Crippen LogP contribution >= 0.6 is 11.3 Å². The monoisotopic (exact) mass is 223 g/mol.